The summed E-state index contributed by atoms with van der Waals surface area (Å²) in [4.78, 5) is 0. The van der Waals surface area contributed by atoms with E-state index in [0.717, 1.165) is 6.84 Å². The van der Waals surface area contributed by atoms with Gasteiger partial charge in [-0.05, 0) is 107 Å². The van der Waals surface area contributed by atoms with Crippen molar-refractivity contribution < 1.29 is 0 Å². The van der Waals surface area contributed by atoms with E-state index in [-0.39, 0.29) is 0 Å². The molecule has 12 saturated carbocycles. The molecule has 0 aromatic heterocycles. The van der Waals surface area contributed by atoms with Crippen molar-refractivity contribution in [2.24, 2.45) is 107 Å². The van der Waals surface area contributed by atoms with Crippen molar-refractivity contribution >= 4 is 45.2 Å². The first-order chi connectivity index (χ1) is 10.7. The first-order valence-electron chi connectivity index (χ1n) is 10.1. The third-order valence-electron chi connectivity index (χ3n) is 13.4. The summed E-state index contributed by atoms with van der Waals surface area (Å²) in [6, 6.07) is 0. The lowest BCUT2D eigenvalue weighted by molar-refractivity contribution is 0.198. The summed E-state index contributed by atoms with van der Waals surface area (Å²) < 4.78 is 1.70. The van der Waals surface area contributed by atoms with Crippen LogP contribution >= 0.6 is 45.2 Å². The molecule has 12 atom stereocenters. The van der Waals surface area contributed by atoms with E-state index < -0.39 is 0 Å². The largest absolute Gasteiger partial charge is 0.0779 e. The summed E-state index contributed by atoms with van der Waals surface area (Å²) >= 11 is 6.33. The molecule has 12 aliphatic rings. The van der Waals surface area contributed by atoms with Gasteiger partial charge in [0.1, 0.15) is 0 Å². The zero-order valence-electron chi connectivity index (χ0n) is 12.1. The molecule has 22 heavy (non-hydrogen) atoms. The van der Waals surface area contributed by atoms with Crippen LogP contribution in [-0.2, 0) is 0 Å². The van der Waals surface area contributed by atoms with Gasteiger partial charge in [0.25, 0.3) is 0 Å². The standard InChI is InChI=1S/C20H18I2/c21-19-13-3-1-2-5(13)9-10-6(2)14-4(1)8-7(3)15(19)11-12(17(9)19)18(10)20(14,22)16(8)11/h1-18H. The second-order valence-electron chi connectivity index (χ2n) is 11.7. The highest BCUT2D eigenvalue weighted by atomic mass is 127. The lowest BCUT2D eigenvalue weighted by Crippen LogP contribution is -2.40. The molecule has 0 saturated heterocycles. The fourth-order valence-electron chi connectivity index (χ4n) is 15.2. The fourth-order valence-corrected chi connectivity index (χ4v) is 20.2. The lowest BCUT2D eigenvalue weighted by atomic mass is 9.77. The van der Waals surface area contributed by atoms with Crippen molar-refractivity contribution in [3.05, 3.63) is 0 Å². The molecule has 0 amide bonds. The molecular formula is C20H18I2. The average molecular weight is 512 g/mol. The first kappa shape index (κ1) is 10.6. The first-order valence-corrected chi connectivity index (χ1v) is 12.3. The number of hydrogen-bond acceptors (Lipinski definition) is 0. The summed E-state index contributed by atoms with van der Waals surface area (Å²) in [7, 11) is 0. The van der Waals surface area contributed by atoms with Crippen LogP contribution in [0.3, 0.4) is 0 Å². The molecule has 0 bridgehead atoms. The SMILES string of the molecule is IC12C3C4C5C6C3C3C7C6C6C5C5C4C1C1C(C32)C7C6(I)C51. The average Bonchev–Trinajstić information content (AvgIpc) is 3.15. The van der Waals surface area contributed by atoms with Gasteiger partial charge in [-0.15, -0.1) is 0 Å². The summed E-state index contributed by atoms with van der Waals surface area (Å²) in [5.74, 6) is 22.7. The van der Waals surface area contributed by atoms with Crippen LogP contribution in [0.25, 0.3) is 0 Å². The molecule has 12 unspecified atom stereocenters. The van der Waals surface area contributed by atoms with Crippen molar-refractivity contribution in [1.29, 1.82) is 0 Å². The zero-order chi connectivity index (χ0) is 13.4. The lowest BCUT2D eigenvalue weighted by Gasteiger charge is -2.37. The molecule has 112 valence electrons. The van der Waals surface area contributed by atoms with Gasteiger partial charge >= 0.3 is 0 Å². The Hall–Kier alpha value is 1.46. The van der Waals surface area contributed by atoms with E-state index in [1.54, 1.807) is 0 Å². The molecule has 0 radical (unpaired) electrons. The maximum Gasteiger partial charge on any atom is 0.0323 e. The van der Waals surface area contributed by atoms with Crippen molar-refractivity contribution in [2.45, 2.75) is 6.84 Å². The van der Waals surface area contributed by atoms with Gasteiger partial charge in [0.05, 0.1) is 0 Å². The minimum Gasteiger partial charge on any atom is -0.0779 e. The predicted octanol–water partition coefficient (Wildman–Crippen LogP) is 3.58. The number of rotatable bonds is 0. The zero-order valence-corrected chi connectivity index (χ0v) is 16.5. The van der Waals surface area contributed by atoms with E-state index in [1.165, 1.54) is 107 Å². The number of halogens is 2. The predicted molar refractivity (Wildman–Crippen MR) is 96.3 cm³/mol. The quantitative estimate of drug-likeness (QED) is 0.344. The van der Waals surface area contributed by atoms with E-state index in [2.05, 4.69) is 45.2 Å². The van der Waals surface area contributed by atoms with Gasteiger partial charge in [-0.2, -0.15) is 0 Å². The molecule has 0 aromatic carbocycles. The highest BCUT2D eigenvalue weighted by Gasteiger charge is 3.03. The molecule has 2 heteroatoms. The van der Waals surface area contributed by atoms with Gasteiger partial charge in [0.2, 0.25) is 0 Å². The Kier molecular flexibility index (Phi) is 1.09. The van der Waals surface area contributed by atoms with Crippen molar-refractivity contribution in [3.8, 4) is 0 Å². The van der Waals surface area contributed by atoms with E-state index in [0.29, 0.717) is 0 Å². The van der Waals surface area contributed by atoms with Crippen molar-refractivity contribution in [2.75, 3.05) is 0 Å². The third-order valence-corrected chi connectivity index (χ3v) is 17.7. The fraction of sp³-hybridized carbons (Fsp3) is 1.00. The normalized spacial score (nSPS) is 106. The van der Waals surface area contributed by atoms with Crippen molar-refractivity contribution in [3.63, 3.8) is 0 Å². The number of hydrogen-bond donors (Lipinski definition) is 0. The molecular weight excluding hydrogens is 494 g/mol. The third kappa shape index (κ3) is 0.504. The van der Waals surface area contributed by atoms with Crippen LogP contribution in [0.15, 0.2) is 0 Å². The molecule has 0 N–H and O–H groups in total. The highest BCUT2D eigenvalue weighted by Crippen LogP contribution is 3.05. The second kappa shape index (κ2) is 2.27. The Morgan fingerprint density at radius 3 is 0.864 bits per heavy atom. The van der Waals surface area contributed by atoms with Gasteiger partial charge in [0.15, 0.2) is 0 Å². The Balaban J connectivity index is 1.49. The second-order valence-corrected chi connectivity index (χ2v) is 15.5. The molecule has 0 aromatic rings. The Labute approximate surface area is 157 Å². The van der Waals surface area contributed by atoms with Crippen LogP contribution in [0.4, 0.5) is 0 Å². The van der Waals surface area contributed by atoms with E-state index in [4.69, 9.17) is 0 Å². The monoisotopic (exact) mass is 512 g/mol. The van der Waals surface area contributed by atoms with Gasteiger partial charge in [-0.1, -0.05) is 45.2 Å². The van der Waals surface area contributed by atoms with Gasteiger partial charge in [-0.3, -0.25) is 0 Å². The summed E-state index contributed by atoms with van der Waals surface area (Å²) in [5.41, 5.74) is 0. The summed E-state index contributed by atoms with van der Waals surface area (Å²) in [6.07, 6.45) is 0. The topological polar surface area (TPSA) is 0 Å². The van der Waals surface area contributed by atoms with Gasteiger partial charge in [-0.25, -0.2) is 0 Å². The molecule has 12 fully saturated rings. The molecule has 0 spiro atoms. The molecule has 12 aliphatic carbocycles. The molecule has 0 nitrogen and oxygen atoms in total. The van der Waals surface area contributed by atoms with Crippen LogP contribution in [0, 0.1) is 107 Å². The smallest absolute Gasteiger partial charge is 0.0323 e. The van der Waals surface area contributed by atoms with Crippen LogP contribution in [0.5, 0.6) is 0 Å². The van der Waals surface area contributed by atoms with Crippen molar-refractivity contribution in [1.82, 2.24) is 0 Å². The van der Waals surface area contributed by atoms with E-state index in [1.807, 2.05) is 0 Å². The Bertz CT molecular complexity index is 686. The minimum absolute atomic E-state index is 0.850. The maximum atomic E-state index is 3.17. The maximum absolute atomic E-state index is 3.17. The van der Waals surface area contributed by atoms with E-state index >= 15 is 0 Å². The van der Waals surface area contributed by atoms with Crippen LogP contribution in [-0.4, -0.2) is 6.84 Å². The highest BCUT2D eigenvalue weighted by molar-refractivity contribution is 14.1. The van der Waals surface area contributed by atoms with Crippen LogP contribution in [0.2, 0.25) is 0 Å². The van der Waals surface area contributed by atoms with Crippen LogP contribution in [0.1, 0.15) is 0 Å². The summed E-state index contributed by atoms with van der Waals surface area (Å²) in [5, 5.41) is 0. The van der Waals surface area contributed by atoms with E-state index in [9.17, 15) is 0 Å². The number of alkyl halides is 2. The molecule has 12 rings (SSSR count). The molecule has 0 aliphatic heterocycles. The minimum atomic E-state index is 0.850. The molecule has 0 heterocycles. The van der Waals surface area contributed by atoms with Gasteiger partial charge < -0.3 is 0 Å². The summed E-state index contributed by atoms with van der Waals surface area (Å²) in [6.45, 7) is 0. The van der Waals surface area contributed by atoms with Gasteiger partial charge in [0, 0.05) is 6.84 Å². The Morgan fingerprint density at radius 2 is 0.545 bits per heavy atom. The van der Waals surface area contributed by atoms with Crippen LogP contribution < -0.4 is 0 Å². The Morgan fingerprint density at radius 1 is 0.318 bits per heavy atom.